The highest BCUT2D eigenvalue weighted by molar-refractivity contribution is 7.12. The van der Waals surface area contributed by atoms with Crippen LogP contribution < -0.4 is 21.3 Å². The first-order valence-corrected chi connectivity index (χ1v) is 53.4. The average molecular weight is 2260 g/mol. The van der Waals surface area contributed by atoms with Crippen molar-refractivity contribution in [2.45, 2.75) is 194 Å². The molecule has 4 fully saturated rings. The molecule has 4 aromatic heterocycles. The molecule has 16 rings (SSSR count). The van der Waals surface area contributed by atoms with Gasteiger partial charge in [-0.3, -0.25) is 58.7 Å². The number of amidine groups is 4. The number of benzene rings is 4. The fraction of sp³-hybridized carbons (Fsp3) is 0.451. The second-order valence-electron chi connectivity index (χ2n) is 38.5. The summed E-state index contributed by atoms with van der Waals surface area (Å²) in [5.41, 5.74) is 1.77. The molecule has 8 aliphatic rings. The quantitative estimate of drug-likeness (QED) is 0.0105. The number of alkyl halides is 4. The van der Waals surface area contributed by atoms with E-state index in [1.54, 1.807) is 134 Å². The van der Waals surface area contributed by atoms with Crippen molar-refractivity contribution in [1.82, 2.24) is 60.8 Å². The number of carbonyl (C=O) groups excluding carboxylic acids is 4. The van der Waals surface area contributed by atoms with E-state index in [-0.39, 0.29) is 162 Å². The molecule has 0 radical (unpaired) electrons. The highest BCUT2D eigenvalue weighted by Crippen LogP contribution is 2.50. The predicted molar refractivity (Wildman–Crippen MR) is 563 cm³/mol. The van der Waals surface area contributed by atoms with E-state index < -0.39 is 130 Å². The van der Waals surface area contributed by atoms with Crippen LogP contribution in [0.2, 0.25) is 30.1 Å². The van der Waals surface area contributed by atoms with Gasteiger partial charge in [0, 0.05) is 245 Å². The first-order valence-electron chi connectivity index (χ1n) is 47.6. The molecular formula is C102H113Cl6F5N16O16S4. The van der Waals surface area contributed by atoms with E-state index in [9.17, 15) is 63.2 Å². The van der Waals surface area contributed by atoms with Gasteiger partial charge in [0.25, 0.3) is 0 Å². The predicted octanol–water partition coefficient (Wildman–Crippen LogP) is 19.1. The molecule has 8 aliphatic heterocycles. The summed E-state index contributed by atoms with van der Waals surface area (Å²) in [5.74, 6) is -5.01. The first-order chi connectivity index (χ1) is 70.7. The maximum atomic E-state index is 15.2. The number of nitrogens with zero attached hydrogens (tertiary/aromatic N) is 12. The highest BCUT2D eigenvalue weighted by atomic mass is 35.5. The lowest BCUT2D eigenvalue weighted by molar-refractivity contribution is -0.139. The van der Waals surface area contributed by atoms with E-state index in [4.69, 9.17) is 109 Å². The summed E-state index contributed by atoms with van der Waals surface area (Å²) >= 11 is 43.8. The lowest BCUT2D eigenvalue weighted by Gasteiger charge is -2.35. The van der Waals surface area contributed by atoms with Crippen LogP contribution in [0.25, 0.3) is 0 Å². The molecule has 32 nitrogen and oxygen atoms in total. The molecule has 0 amide bonds. The second kappa shape index (κ2) is 50.2. The van der Waals surface area contributed by atoms with Gasteiger partial charge in [0.05, 0.1) is 49.7 Å². The highest BCUT2D eigenvalue weighted by Gasteiger charge is 2.55. The minimum absolute atomic E-state index is 0.0582. The monoisotopic (exact) mass is 2250 g/mol. The number of esters is 4. The van der Waals surface area contributed by atoms with Crippen molar-refractivity contribution in [3.8, 4) is 0 Å². The van der Waals surface area contributed by atoms with Crippen molar-refractivity contribution < 1.29 is 99.7 Å². The Hall–Kier alpha value is -10.8. The molecule has 47 heteroatoms. The third-order valence-corrected chi connectivity index (χ3v) is 32.7. The number of rotatable bonds is 34. The van der Waals surface area contributed by atoms with Crippen molar-refractivity contribution in [3.05, 3.63) is 248 Å². The molecule has 0 saturated carbocycles. The molecule has 149 heavy (non-hydrogen) atoms. The zero-order valence-corrected chi connectivity index (χ0v) is 90.9. The van der Waals surface area contributed by atoms with Gasteiger partial charge < -0.3 is 60.6 Å². The van der Waals surface area contributed by atoms with Crippen molar-refractivity contribution >= 4 is 186 Å². The van der Waals surface area contributed by atoms with Crippen LogP contribution in [0.4, 0.5) is 22.0 Å². The summed E-state index contributed by atoms with van der Waals surface area (Å²) in [6.45, 7) is 19.0. The van der Waals surface area contributed by atoms with Crippen molar-refractivity contribution in [1.29, 1.82) is 0 Å². The third kappa shape index (κ3) is 26.9. The van der Waals surface area contributed by atoms with Crippen LogP contribution in [0.15, 0.2) is 190 Å². The summed E-state index contributed by atoms with van der Waals surface area (Å²) in [4.78, 5) is 142. The smallest absolute Gasteiger partial charge is 0.338 e. The molecule has 0 spiro atoms. The number of aliphatic carboxylic acids is 4. The van der Waals surface area contributed by atoms with Gasteiger partial charge in [-0.25, -0.2) is 61.1 Å². The number of ether oxygens (including phenoxy) is 4. The maximum Gasteiger partial charge on any atom is 0.338 e. The zero-order chi connectivity index (χ0) is 108. The van der Waals surface area contributed by atoms with Crippen LogP contribution in [0.1, 0.15) is 187 Å². The molecule has 12 heterocycles. The first kappa shape index (κ1) is 115. The molecule has 4 saturated heterocycles. The summed E-state index contributed by atoms with van der Waals surface area (Å²) in [7, 11) is 2.52. The molecule has 12 atom stereocenters. The minimum atomic E-state index is -1.20. The zero-order valence-electron chi connectivity index (χ0n) is 83.1. The average Bonchev–Trinajstić information content (AvgIpc) is 1.70. The lowest BCUT2D eigenvalue weighted by Crippen LogP contribution is -2.43. The largest absolute Gasteiger partial charge is 0.481 e. The summed E-state index contributed by atoms with van der Waals surface area (Å²) in [6.07, 6.45) is 2.53. The SMILES string of the molecule is CCOC(=O)C1=C(CN2CC(F)C(C)(C)[C@H]2CCC(=O)O)NC(c2nccs2)=N[C@H]1c1ccc(Cl)cc1Cl.CCOC(=O)C1=C(CN2CC(F)C(C)(C)[C@H]2CCC(=O)O)NC(c2nccs2)=N[C@H]1c1ccccc1Cl.COC(=O)C1=C(CN2CC(F)C(C)(C)[C@H]2CCC(=O)O)NC(c2nccs2)=N[C@H]1c1ccc(Cl)cc1Cl.COC(=O)C1=C(CN2CC(F)C(C)(C)[C@H]2CCC(=O)O)NC(c2nccs2)=N[C@H]1c1ccc(F)cc1Cl. The fourth-order valence-corrected chi connectivity index (χ4v) is 23.7. The van der Waals surface area contributed by atoms with Gasteiger partial charge in [-0.2, -0.15) is 0 Å². The molecule has 8 aromatic rings. The number of hydrogen-bond donors (Lipinski definition) is 8. The molecule has 0 aliphatic carbocycles. The van der Waals surface area contributed by atoms with Gasteiger partial charge in [0.1, 0.15) is 54.7 Å². The van der Waals surface area contributed by atoms with Crippen LogP contribution in [0.3, 0.4) is 0 Å². The van der Waals surface area contributed by atoms with Crippen LogP contribution in [-0.4, -0.2) is 260 Å². The van der Waals surface area contributed by atoms with Gasteiger partial charge in [-0.05, 0) is 82.0 Å². The van der Waals surface area contributed by atoms with Crippen LogP contribution >= 0.6 is 115 Å². The summed E-state index contributed by atoms with van der Waals surface area (Å²) < 4.78 is 95.6. The number of carboxylic acids is 4. The molecule has 798 valence electrons. The minimum Gasteiger partial charge on any atom is -0.481 e. The standard InChI is InChI=1S/C26H29Cl2FN4O4S.C26H30ClFN4O4S.C25H27Cl2FN4O4S.C25H27ClF2N4O4S/c1-4-37-25(36)21-17(12-33-13-18(29)26(2,3)19(33)7-8-20(34)35)31-23(24-30-9-10-38-24)32-22(21)15-6-5-14(27)11-16(15)28;1-4-36-25(35)21-17(13-32-14-18(28)26(2,3)19(32)9-10-20(33)34)30-23(24-29-11-12-37-24)31-22(21)15-7-5-6-8-16(15)27;1-25(2)17(28)12-32(18(25)6-7-19(33)34)11-16-20(24(35)36-3)21(14-5-4-13(26)10-15(14)27)31-22(30-16)23-29-8-9-37-23;1-25(2)17(28)12-32(18(25)6-7-19(33)34)11-16-20(24(35)36-3)21(14-5-4-13(27)10-15(14)26)31-22(30-16)23-29-8-9-37-23/h5-6,9-11,18-19,22H,4,7-8,12-13H2,1-3H3,(H,31,32)(H,34,35);5-8,11-12,18-19,22H,4,9-10,13-14H2,1-3H3,(H,30,31)(H,33,34);2*4-5,8-10,17-18,21H,6-7,11-12H2,1-3H3,(H,30,31)(H,33,34)/t2*18?,19-,22+;2*17?,18-,21+/m1111/s1. The van der Waals surface area contributed by atoms with E-state index in [0.29, 0.717) is 114 Å². The van der Waals surface area contributed by atoms with E-state index in [2.05, 4.69) is 41.2 Å². The third-order valence-electron chi connectivity index (χ3n) is 27.8. The number of halogens is 11. The number of hydrogen-bond acceptors (Lipinski definition) is 32. The van der Waals surface area contributed by atoms with Gasteiger partial charge in [0.2, 0.25) is 0 Å². The molecule has 0 bridgehead atoms. The molecule has 4 unspecified atom stereocenters. The number of nitrogens with one attached hydrogen (secondary N) is 4. The van der Waals surface area contributed by atoms with Crippen LogP contribution in [0.5, 0.6) is 0 Å². The van der Waals surface area contributed by atoms with Crippen molar-refractivity contribution in [3.63, 3.8) is 0 Å². The number of likely N-dealkylation sites (tertiary alicyclic amines) is 4. The van der Waals surface area contributed by atoms with Gasteiger partial charge in [-0.15, -0.1) is 45.3 Å². The van der Waals surface area contributed by atoms with E-state index in [1.165, 1.54) is 71.7 Å². The Labute approximate surface area is 903 Å². The van der Waals surface area contributed by atoms with E-state index >= 15 is 17.6 Å². The molecule has 8 N–H and O–H groups in total. The Kier molecular flexibility index (Phi) is 38.9. The number of methoxy groups -OCH3 is 2. The fourth-order valence-electron chi connectivity index (χ4n) is 19.8. The number of aromatic nitrogens is 4. The Morgan fingerprint density at radius 2 is 0.631 bits per heavy atom. The summed E-state index contributed by atoms with van der Waals surface area (Å²) in [5, 5.41) is 61.7. The van der Waals surface area contributed by atoms with E-state index in [1.807, 2.05) is 61.7 Å². The maximum absolute atomic E-state index is 15.2. The number of aliphatic imine (C=N–C) groups is 4. The Bertz CT molecular complexity index is 6330. The number of thiazole rings is 4. The van der Waals surface area contributed by atoms with Crippen molar-refractivity contribution in [2.75, 3.05) is 79.8 Å². The Morgan fingerprint density at radius 3 is 0.866 bits per heavy atom. The van der Waals surface area contributed by atoms with E-state index in [0.717, 1.165) is 6.07 Å². The number of carboxylic acid groups (broad SMARTS) is 4. The van der Waals surface area contributed by atoms with Gasteiger partial charge >= 0.3 is 47.8 Å². The number of carbonyl (C=O) groups is 8. The Morgan fingerprint density at radius 1 is 0.376 bits per heavy atom. The van der Waals surface area contributed by atoms with Gasteiger partial charge in [0.15, 0.2) is 43.4 Å². The Balaban J connectivity index is 0.000000166. The second-order valence-corrected chi connectivity index (χ2v) is 44.6. The molecular weight excluding hydrogens is 2140 g/mol. The molecule has 4 aromatic carbocycles. The normalized spacial score (nSPS) is 23.4. The lowest BCUT2D eigenvalue weighted by atomic mass is 9.81. The van der Waals surface area contributed by atoms with Crippen LogP contribution in [-0.2, 0) is 57.3 Å². The van der Waals surface area contributed by atoms with Crippen LogP contribution in [0, 0.1) is 27.5 Å². The van der Waals surface area contributed by atoms with Crippen molar-refractivity contribution in [2.24, 2.45) is 41.6 Å². The topological polar surface area (TPSA) is 416 Å². The summed E-state index contributed by atoms with van der Waals surface area (Å²) in [6, 6.07) is 16.1. The van der Waals surface area contributed by atoms with Gasteiger partial charge in [-0.1, -0.05) is 161 Å².